The highest BCUT2D eigenvalue weighted by Gasteiger charge is 2.21. The number of carbonyl (C=O) groups is 1. The fourth-order valence-corrected chi connectivity index (χ4v) is 1.94. The van der Waals surface area contributed by atoms with E-state index in [1.165, 1.54) is 11.8 Å². The molecule has 17 heavy (non-hydrogen) atoms. The number of carbonyl (C=O) groups excluding carboxylic acids is 1. The molecule has 3 nitrogen and oxygen atoms in total. The van der Waals surface area contributed by atoms with Gasteiger partial charge in [0, 0.05) is 10.6 Å². The molecule has 1 aromatic carbocycles. The third-order valence-corrected chi connectivity index (χ3v) is 2.96. The molecule has 93 valence electrons. The Morgan fingerprint density at radius 1 is 1.47 bits per heavy atom. The SMILES string of the molecule is CC(C)(C)OC(=O)C(N)CSc1cc[c]cc1. The summed E-state index contributed by atoms with van der Waals surface area (Å²) in [4.78, 5) is 12.7. The number of nitrogens with two attached hydrogens (primary N) is 1. The predicted octanol–water partition coefficient (Wildman–Crippen LogP) is 2.25. The zero-order valence-electron chi connectivity index (χ0n) is 10.4. The van der Waals surface area contributed by atoms with Crippen molar-refractivity contribution < 1.29 is 9.53 Å². The van der Waals surface area contributed by atoms with E-state index in [9.17, 15) is 4.79 Å². The second-order valence-corrected chi connectivity index (χ2v) is 5.78. The fourth-order valence-electron chi connectivity index (χ4n) is 1.10. The van der Waals surface area contributed by atoms with Crippen molar-refractivity contribution in [2.45, 2.75) is 37.3 Å². The smallest absolute Gasteiger partial charge is 0.324 e. The van der Waals surface area contributed by atoms with Crippen molar-refractivity contribution in [3.63, 3.8) is 0 Å². The first-order valence-electron chi connectivity index (χ1n) is 5.46. The summed E-state index contributed by atoms with van der Waals surface area (Å²) in [7, 11) is 0. The van der Waals surface area contributed by atoms with Gasteiger partial charge in [0.15, 0.2) is 0 Å². The Labute approximate surface area is 107 Å². The second kappa shape index (κ2) is 6.07. The van der Waals surface area contributed by atoms with E-state index in [1.807, 2.05) is 45.0 Å². The van der Waals surface area contributed by atoms with Crippen LogP contribution in [0.4, 0.5) is 0 Å². The van der Waals surface area contributed by atoms with Crippen LogP contribution < -0.4 is 5.73 Å². The predicted molar refractivity (Wildman–Crippen MR) is 69.8 cm³/mol. The Hall–Kier alpha value is -1.00. The van der Waals surface area contributed by atoms with E-state index >= 15 is 0 Å². The Morgan fingerprint density at radius 2 is 2.06 bits per heavy atom. The molecule has 0 saturated carbocycles. The monoisotopic (exact) mass is 252 g/mol. The van der Waals surface area contributed by atoms with Gasteiger partial charge in [0.1, 0.15) is 11.6 Å². The van der Waals surface area contributed by atoms with E-state index in [1.54, 1.807) is 0 Å². The molecule has 0 fully saturated rings. The van der Waals surface area contributed by atoms with Crippen molar-refractivity contribution in [3.8, 4) is 0 Å². The molecule has 1 atom stereocenters. The van der Waals surface area contributed by atoms with E-state index in [2.05, 4.69) is 6.07 Å². The van der Waals surface area contributed by atoms with Crippen molar-refractivity contribution in [1.29, 1.82) is 0 Å². The highest BCUT2D eigenvalue weighted by atomic mass is 32.2. The molecule has 0 spiro atoms. The van der Waals surface area contributed by atoms with Crippen LogP contribution in [0.25, 0.3) is 0 Å². The average Bonchev–Trinajstić information content (AvgIpc) is 2.25. The molecular weight excluding hydrogens is 234 g/mol. The topological polar surface area (TPSA) is 52.3 Å². The summed E-state index contributed by atoms with van der Waals surface area (Å²) in [6.07, 6.45) is 0. The zero-order chi connectivity index (χ0) is 12.9. The van der Waals surface area contributed by atoms with Crippen molar-refractivity contribution in [2.24, 2.45) is 5.73 Å². The Bertz CT molecular complexity index is 359. The first-order chi connectivity index (χ1) is 7.88. The minimum absolute atomic E-state index is 0.354. The molecule has 0 amide bonds. The molecule has 0 aliphatic heterocycles. The van der Waals surface area contributed by atoms with Crippen molar-refractivity contribution in [2.75, 3.05) is 5.75 Å². The molecule has 0 aliphatic carbocycles. The first kappa shape index (κ1) is 14.1. The lowest BCUT2D eigenvalue weighted by atomic mass is 10.2. The number of hydrogen-bond acceptors (Lipinski definition) is 4. The van der Waals surface area contributed by atoms with Crippen LogP contribution >= 0.6 is 11.8 Å². The van der Waals surface area contributed by atoms with Gasteiger partial charge in [0.2, 0.25) is 0 Å². The number of thioether (sulfide) groups is 1. The highest BCUT2D eigenvalue weighted by Crippen LogP contribution is 2.18. The normalized spacial score (nSPS) is 13.2. The molecule has 0 saturated heterocycles. The van der Waals surface area contributed by atoms with E-state index in [0.717, 1.165) is 4.90 Å². The van der Waals surface area contributed by atoms with Gasteiger partial charge in [-0.2, -0.15) is 0 Å². The maximum absolute atomic E-state index is 11.6. The number of benzene rings is 1. The summed E-state index contributed by atoms with van der Waals surface area (Å²) in [5, 5.41) is 0. The summed E-state index contributed by atoms with van der Waals surface area (Å²) in [6, 6.07) is 9.89. The Kier molecular flexibility index (Phi) is 5.02. The van der Waals surface area contributed by atoms with Crippen LogP contribution in [0.15, 0.2) is 29.2 Å². The number of ether oxygens (including phenoxy) is 1. The maximum atomic E-state index is 11.6. The molecule has 0 bridgehead atoms. The van der Waals surface area contributed by atoms with Crippen LogP contribution in [-0.4, -0.2) is 23.4 Å². The Balaban J connectivity index is 2.40. The van der Waals surface area contributed by atoms with Crippen molar-refractivity contribution >= 4 is 17.7 Å². The maximum Gasteiger partial charge on any atom is 0.324 e. The van der Waals surface area contributed by atoms with Gasteiger partial charge in [-0.15, -0.1) is 11.8 Å². The summed E-state index contributed by atoms with van der Waals surface area (Å²) in [5.74, 6) is 0.159. The summed E-state index contributed by atoms with van der Waals surface area (Å²) < 4.78 is 5.20. The second-order valence-electron chi connectivity index (χ2n) is 4.69. The quantitative estimate of drug-likeness (QED) is 0.659. The highest BCUT2D eigenvalue weighted by molar-refractivity contribution is 7.99. The van der Waals surface area contributed by atoms with Crippen LogP contribution in [0, 0.1) is 6.07 Å². The lowest BCUT2D eigenvalue weighted by Gasteiger charge is -2.22. The minimum atomic E-state index is -0.594. The van der Waals surface area contributed by atoms with E-state index in [-0.39, 0.29) is 5.97 Å². The molecular formula is C13H18NO2S. The lowest BCUT2D eigenvalue weighted by molar-refractivity contribution is -0.155. The minimum Gasteiger partial charge on any atom is -0.459 e. The van der Waals surface area contributed by atoms with Crippen molar-refractivity contribution in [3.05, 3.63) is 30.3 Å². The number of esters is 1. The van der Waals surface area contributed by atoms with E-state index in [4.69, 9.17) is 10.5 Å². The third kappa shape index (κ3) is 5.75. The van der Waals surface area contributed by atoms with Gasteiger partial charge in [-0.3, -0.25) is 4.79 Å². The summed E-state index contributed by atoms with van der Waals surface area (Å²) in [6.45, 7) is 5.49. The molecule has 0 aromatic heterocycles. The van der Waals surface area contributed by atoms with Crippen LogP contribution in [0.3, 0.4) is 0 Å². The van der Waals surface area contributed by atoms with Gasteiger partial charge in [0.05, 0.1) is 0 Å². The molecule has 1 unspecified atom stereocenters. The van der Waals surface area contributed by atoms with Crippen LogP contribution in [0.1, 0.15) is 20.8 Å². The molecule has 1 aromatic rings. The van der Waals surface area contributed by atoms with E-state index in [0.29, 0.717) is 5.75 Å². The molecule has 0 heterocycles. The standard InChI is InChI=1S/C13H18NO2S/c1-13(2,3)16-12(15)11(14)9-17-10-7-5-4-6-8-10/h5-8,11H,9,14H2,1-3H3. The van der Waals surface area contributed by atoms with E-state index < -0.39 is 11.6 Å². The summed E-state index contributed by atoms with van der Waals surface area (Å²) in [5.41, 5.74) is 5.28. The molecule has 1 radical (unpaired) electrons. The van der Waals surface area contributed by atoms with Gasteiger partial charge >= 0.3 is 5.97 Å². The van der Waals surface area contributed by atoms with Crippen LogP contribution in [0.5, 0.6) is 0 Å². The van der Waals surface area contributed by atoms with Crippen LogP contribution in [-0.2, 0) is 9.53 Å². The van der Waals surface area contributed by atoms with Gasteiger partial charge in [-0.25, -0.2) is 0 Å². The van der Waals surface area contributed by atoms with Gasteiger partial charge in [-0.05, 0) is 39.0 Å². The third-order valence-electron chi connectivity index (χ3n) is 1.83. The molecule has 4 heteroatoms. The Morgan fingerprint density at radius 3 is 2.59 bits per heavy atom. The number of hydrogen-bond donors (Lipinski definition) is 1. The number of rotatable bonds is 4. The van der Waals surface area contributed by atoms with Gasteiger partial charge in [-0.1, -0.05) is 12.1 Å². The average molecular weight is 252 g/mol. The summed E-state index contributed by atoms with van der Waals surface area (Å²) >= 11 is 1.54. The van der Waals surface area contributed by atoms with Crippen LogP contribution in [0.2, 0.25) is 0 Å². The fraction of sp³-hybridized carbons (Fsp3) is 0.462. The molecule has 1 rings (SSSR count). The van der Waals surface area contributed by atoms with Gasteiger partial charge in [0.25, 0.3) is 0 Å². The molecule has 0 aliphatic rings. The first-order valence-corrected chi connectivity index (χ1v) is 6.44. The van der Waals surface area contributed by atoms with Crippen molar-refractivity contribution in [1.82, 2.24) is 0 Å². The molecule has 2 N–H and O–H groups in total. The van der Waals surface area contributed by atoms with Gasteiger partial charge < -0.3 is 10.5 Å². The largest absolute Gasteiger partial charge is 0.459 e. The lowest BCUT2D eigenvalue weighted by Crippen LogP contribution is -2.39. The zero-order valence-corrected chi connectivity index (χ0v) is 11.2.